The zero-order valence-electron chi connectivity index (χ0n) is 28.4. The summed E-state index contributed by atoms with van der Waals surface area (Å²) in [5.41, 5.74) is 7.59. The highest BCUT2D eigenvalue weighted by atomic mass is 35.7. The Hall–Kier alpha value is -3.71. The molecule has 0 saturated carbocycles. The summed E-state index contributed by atoms with van der Waals surface area (Å²) >= 11 is 22.9. The normalized spacial score (nSPS) is 14.5. The predicted molar refractivity (Wildman–Crippen MR) is 214 cm³/mol. The molecule has 2 fully saturated rings. The molecule has 2 heterocycles. The molecule has 4 aromatic rings. The minimum absolute atomic E-state index is 0.0393. The highest BCUT2D eigenvalue weighted by Gasteiger charge is 2.22. The molecule has 0 aliphatic carbocycles. The lowest BCUT2D eigenvalue weighted by atomic mass is 10.1. The third-order valence-corrected chi connectivity index (χ3v) is 11.3. The number of nitrogen functional groups attached to an aromatic ring is 1. The number of benzene rings is 4. The highest BCUT2D eigenvalue weighted by molar-refractivity contribution is 8.13. The molecule has 2 aliphatic heterocycles. The smallest absolute Gasteiger partial charge is 0.337 e. The number of carboxylic acid groups (broad SMARTS) is 2. The van der Waals surface area contributed by atoms with E-state index in [2.05, 4.69) is 9.62 Å². The Morgan fingerprint density at radius 3 is 1.42 bits per heavy atom. The summed E-state index contributed by atoms with van der Waals surface area (Å²) in [6, 6.07) is 17.3. The van der Waals surface area contributed by atoms with Gasteiger partial charge in [0.25, 0.3) is 19.1 Å². The number of nitrogens with two attached hydrogens (primary N) is 1. The van der Waals surface area contributed by atoms with Crippen molar-refractivity contribution in [3.05, 3.63) is 104 Å². The molecule has 14 nitrogen and oxygen atoms in total. The second-order valence-electron chi connectivity index (χ2n) is 11.6. The summed E-state index contributed by atoms with van der Waals surface area (Å²) in [6.45, 7) is 5.36. The molecule has 0 aromatic heterocycles. The molecule has 0 atom stereocenters. The Kier molecular flexibility index (Phi) is 15.6. The number of morpholine rings is 2. The van der Waals surface area contributed by atoms with Crippen molar-refractivity contribution < 1.29 is 46.1 Å². The molecule has 5 N–H and O–H groups in total. The number of nitrogens with zero attached hydrogens (tertiary/aromatic N) is 2. The van der Waals surface area contributed by atoms with Gasteiger partial charge < -0.3 is 35.2 Å². The first-order chi connectivity index (χ1) is 25.8. The first-order valence-corrected chi connectivity index (χ1v) is 21.2. The summed E-state index contributed by atoms with van der Waals surface area (Å²) in [7, 11) is -2.77. The molecule has 2 aliphatic rings. The van der Waals surface area contributed by atoms with Crippen LogP contribution < -0.4 is 20.3 Å². The van der Waals surface area contributed by atoms with Crippen LogP contribution >= 0.6 is 57.1 Å². The summed E-state index contributed by atoms with van der Waals surface area (Å²) in [5, 5.41) is 19.1. The van der Waals surface area contributed by atoms with Gasteiger partial charge >= 0.3 is 11.9 Å². The molecule has 6 rings (SSSR count). The molecule has 4 aromatic carbocycles. The largest absolute Gasteiger partial charge is 0.478 e. The Morgan fingerprint density at radius 1 is 0.618 bits per heavy atom. The van der Waals surface area contributed by atoms with Gasteiger partial charge in [-0.25, -0.2) is 26.4 Å². The van der Waals surface area contributed by atoms with Crippen LogP contribution in [-0.4, -0.2) is 91.6 Å². The predicted octanol–water partition coefficient (Wildman–Crippen LogP) is 7.05. The zero-order valence-corrected chi connectivity index (χ0v) is 33.8. The number of ether oxygens (including phenoxy) is 2. The van der Waals surface area contributed by atoms with Crippen molar-refractivity contribution in [2.24, 2.45) is 0 Å². The molecule has 296 valence electrons. The van der Waals surface area contributed by atoms with Gasteiger partial charge in [0, 0.05) is 74.0 Å². The van der Waals surface area contributed by atoms with Crippen molar-refractivity contribution in [1.29, 1.82) is 0 Å². The maximum atomic E-state index is 12.7. The molecule has 21 heteroatoms. The van der Waals surface area contributed by atoms with Crippen molar-refractivity contribution in [3.8, 4) is 0 Å². The molecule has 0 radical (unpaired) electrons. The van der Waals surface area contributed by atoms with E-state index >= 15 is 0 Å². The highest BCUT2D eigenvalue weighted by Crippen LogP contribution is 2.29. The topological polar surface area (TPSA) is 206 Å². The number of hydrogen-bond acceptors (Lipinski definition) is 11. The van der Waals surface area contributed by atoms with Crippen LogP contribution in [0.4, 0.5) is 22.7 Å². The number of carbonyl (C=O) groups is 2. The van der Waals surface area contributed by atoms with E-state index in [-0.39, 0.29) is 46.7 Å². The number of sulfonamides is 1. The third-order valence-electron chi connectivity index (χ3n) is 7.76. The van der Waals surface area contributed by atoms with E-state index in [9.17, 15) is 31.5 Å². The lowest BCUT2D eigenvalue weighted by Crippen LogP contribution is -2.36. The van der Waals surface area contributed by atoms with Crippen LogP contribution in [0.3, 0.4) is 0 Å². The van der Waals surface area contributed by atoms with Gasteiger partial charge in [-0.3, -0.25) is 4.72 Å². The monoisotopic (exact) mass is 896 g/mol. The van der Waals surface area contributed by atoms with E-state index < -0.39 is 31.0 Å². The van der Waals surface area contributed by atoms with Gasteiger partial charge in [-0.05, 0) is 72.8 Å². The van der Waals surface area contributed by atoms with E-state index in [1.807, 2.05) is 4.90 Å². The van der Waals surface area contributed by atoms with E-state index in [1.54, 1.807) is 24.3 Å². The minimum atomic E-state index is -4.09. The number of carboxylic acids is 2. The Bertz CT molecular complexity index is 2210. The van der Waals surface area contributed by atoms with Crippen LogP contribution in [0.5, 0.6) is 0 Å². The van der Waals surface area contributed by atoms with Gasteiger partial charge in [-0.15, -0.1) is 0 Å². The first-order valence-electron chi connectivity index (χ1n) is 15.9. The van der Waals surface area contributed by atoms with Crippen molar-refractivity contribution in [2.75, 3.05) is 72.9 Å². The third kappa shape index (κ3) is 12.9. The van der Waals surface area contributed by atoms with Crippen LogP contribution in [0.2, 0.25) is 20.1 Å². The van der Waals surface area contributed by atoms with E-state index in [0.717, 1.165) is 18.8 Å². The average Bonchev–Trinajstić information content (AvgIpc) is 3.11. The zero-order chi connectivity index (χ0) is 40.5. The van der Waals surface area contributed by atoms with Gasteiger partial charge in [0.1, 0.15) is 0 Å². The molecular weight excluding hydrogens is 866 g/mol. The quantitative estimate of drug-likeness (QED) is 0.103. The van der Waals surface area contributed by atoms with Crippen molar-refractivity contribution in [3.63, 3.8) is 0 Å². The maximum absolute atomic E-state index is 12.7. The number of nitrogens with one attached hydrogen (secondary N) is 1. The van der Waals surface area contributed by atoms with Crippen LogP contribution in [0, 0.1) is 0 Å². The number of rotatable bonds is 8. The second-order valence-corrected chi connectivity index (χ2v) is 17.6. The first kappa shape index (κ1) is 44.0. The van der Waals surface area contributed by atoms with Gasteiger partial charge in [0.2, 0.25) is 0 Å². The van der Waals surface area contributed by atoms with Crippen LogP contribution in [0.25, 0.3) is 0 Å². The van der Waals surface area contributed by atoms with Crippen LogP contribution in [-0.2, 0) is 28.5 Å². The fraction of sp³-hybridized carbons (Fsp3) is 0.235. The van der Waals surface area contributed by atoms with E-state index in [4.69, 9.17) is 77.4 Å². The van der Waals surface area contributed by atoms with E-state index in [0.29, 0.717) is 50.9 Å². The van der Waals surface area contributed by atoms with Crippen molar-refractivity contribution in [2.45, 2.75) is 9.79 Å². The second kappa shape index (κ2) is 19.4. The van der Waals surface area contributed by atoms with Gasteiger partial charge in [0.15, 0.2) is 0 Å². The fourth-order valence-electron chi connectivity index (χ4n) is 5.14. The lowest BCUT2D eigenvalue weighted by molar-refractivity contribution is 0.0687. The van der Waals surface area contributed by atoms with Gasteiger partial charge in [-0.1, -0.05) is 46.4 Å². The summed E-state index contributed by atoms with van der Waals surface area (Å²) < 4.78 is 59.9. The molecule has 0 amide bonds. The molecule has 0 spiro atoms. The minimum Gasteiger partial charge on any atom is -0.478 e. The van der Waals surface area contributed by atoms with Crippen molar-refractivity contribution in [1.82, 2.24) is 0 Å². The Labute approximate surface area is 341 Å². The van der Waals surface area contributed by atoms with Gasteiger partial charge in [-0.2, -0.15) is 0 Å². The standard InChI is InChI=1S/C17H16Cl2N2O5S.C11H14N2O3.C6H3Cl3O2S/c18-11-7-12(19)9-14(8-11)27(24,25)20-16-10-13(1-2-15(16)17(22)23)21-3-5-26-6-4-21;12-10-7-8(1-2-9(10)11(14)15)13-3-5-16-6-4-13;7-4-1-5(8)3-6(2-4)12(9,10)11/h1-2,7-10,20H,3-6H2,(H,22,23);1-2,7H,3-6,12H2,(H,14,15);1-3H. The molecule has 0 unspecified atom stereocenters. The maximum Gasteiger partial charge on any atom is 0.337 e. The average molecular weight is 899 g/mol. The summed E-state index contributed by atoms with van der Waals surface area (Å²) in [5.74, 6) is -2.24. The lowest BCUT2D eigenvalue weighted by Gasteiger charge is -2.29. The number of aromatic carboxylic acids is 2. The Morgan fingerprint density at radius 2 is 1.02 bits per heavy atom. The number of hydrogen-bond donors (Lipinski definition) is 4. The molecule has 0 bridgehead atoms. The summed E-state index contributed by atoms with van der Waals surface area (Å²) in [4.78, 5) is 26.2. The summed E-state index contributed by atoms with van der Waals surface area (Å²) in [6.07, 6.45) is 0. The van der Waals surface area contributed by atoms with Crippen LogP contribution in [0.15, 0.2) is 82.6 Å². The van der Waals surface area contributed by atoms with E-state index in [1.165, 1.54) is 48.5 Å². The van der Waals surface area contributed by atoms with Crippen LogP contribution in [0.1, 0.15) is 20.7 Å². The van der Waals surface area contributed by atoms with Crippen molar-refractivity contribution >= 4 is 111 Å². The molecule has 2 saturated heterocycles. The van der Waals surface area contributed by atoms with Gasteiger partial charge in [0.05, 0.1) is 53.0 Å². The molecule has 55 heavy (non-hydrogen) atoms. The number of halogens is 5. The molecular formula is C34H33Cl5N4O10S2. The SMILES string of the molecule is Nc1cc(N2CCOCC2)ccc1C(=O)O.O=C(O)c1ccc(N2CCOCC2)cc1NS(=O)(=O)c1cc(Cl)cc(Cl)c1.O=S(=O)(Cl)c1cc(Cl)cc(Cl)c1. The number of anilines is 4. The Balaban J connectivity index is 0.000000203. The fourth-order valence-corrected chi connectivity index (χ4v) is 8.40.